The average molecular weight is 463 g/mol. The third kappa shape index (κ3) is 10.4. The summed E-state index contributed by atoms with van der Waals surface area (Å²) in [4.78, 5) is 9.12. The molecular weight excluding hydrogens is 416 g/mol. The lowest BCUT2D eigenvalue weighted by Gasteiger charge is -2.07. The van der Waals surface area contributed by atoms with Gasteiger partial charge in [0.15, 0.2) is 5.82 Å². The molecule has 2 aromatic rings. The van der Waals surface area contributed by atoms with Crippen LogP contribution in [0.2, 0.25) is 0 Å². The van der Waals surface area contributed by atoms with Crippen molar-refractivity contribution in [2.24, 2.45) is 5.92 Å². The van der Waals surface area contributed by atoms with Gasteiger partial charge in [0.05, 0.1) is 6.61 Å². The van der Waals surface area contributed by atoms with Gasteiger partial charge in [-0.3, -0.25) is 0 Å². The van der Waals surface area contributed by atoms with Crippen LogP contribution in [0.4, 0.5) is 0 Å². The molecule has 0 bridgehead atoms. The van der Waals surface area contributed by atoms with Crippen LogP contribution in [0.1, 0.15) is 115 Å². The van der Waals surface area contributed by atoms with Crippen molar-refractivity contribution in [2.45, 2.75) is 110 Å². The molecule has 186 valence electrons. The van der Waals surface area contributed by atoms with Gasteiger partial charge < -0.3 is 4.74 Å². The molecular formula is C31H46N2O. The number of unbranched alkanes of at least 4 members (excludes halogenated alkanes) is 9. The van der Waals surface area contributed by atoms with Gasteiger partial charge in [0.25, 0.3) is 0 Å². The van der Waals surface area contributed by atoms with Gasteiger partial charge in [-0.25, -0.2) is 9.97 Å². The summed E-state index contributed by atoms with van der Waals surface area (Å²) in [7, 11) is 0. The second kappa shape index (κ2) is 16.5. The number of nitrogens with zero attached hydrogens (tertiary/aromatic N) is 2. The molecule has 0 unspecified atom stereocenters. The van der Waals surface area contributed by atoms with Gasteiger partial charge in [-0.05, 0) is 49.4 Å². The van der Waals surface area contributed by atoms with Gasteiger partial charge in [0.2, 0.25) is 0 Å². The van der Waals surface area contributed by atoms with E-state index in [1.54, 1.807) is 0 Å². The van der Waals surface area contributed by atoms with Gasteiger partial charge in [-0.2, -0.15) is 0 Å². The fourth-order valence-electron chi connectivity index (χ4n) is 4.91. The van der Waals surface area contributed by atoms with Crippen LogP contribution in [0.5, 0.6) is 5.75 Å². The standard InChI is InChI=1S/C31H46N2O/c1-2-3-4-10-15-24-34-30-22-20-29(21-23-30)31-32-25-28(26-33-31)19-12-9-7-5-6-8-11-16-27-17-13-14-18-27/h12,19-23,25-27H,2-11,13-18,24H2,1H3. The Morgan fingerprint density at radius 1 is 0.824 bits per heavy atom. The van der Waals surface area contributed by atoms with E-state index in [2.05, 4.69) is 29.0 Å². The molecule has 0 aliphatic heterocycles. The zero-order chi connectivity index (χ0) is 23.7. The summed E-state index contributed by atoms with van der Waals surface area (Å²) in [6.07, 6.45) is 30.0. The molecule has 3 heteroatoms. The van der Waals surface area contributed by atoms with Crippen LogP contribution >= 0.6 is 0 Å². The first-order valence-corrected chi connectivity index (χ1v) is 14.1. The minimum atomic E-state index is 0.765. The lowest BCUT2D eigenvalue weighted by Crippen LogP contribution is -1.97. The van der Waals surface area contributed by atoms with Gasteiger partial charge in [-0.15, -0.1) is 0 Å². The molecule has 1 fully saturated rings. The topological polar surface area (TPSA) is 35.0 Å². The van der Waals surface area contributed by atoms with Crippen molar-refractivity contribution in [1.29, 1.82) is 0 Å². The van der Waals surface area contributed by atoms with Crippen LogP contribution in [0.15, 0.2) is 42.7 Å². The lowest BCUT2D eigenvalue weighted by molar-refractivity contribution is 0.304. The minimum absolute atomic E-state index is 0.765. The Labute approximate surface area is 208 Å². The van der Waals surface area contributed by atoms with Crippen LogP contribution in [0, 0.1) is 5.92 Å². The molecule has 1 aliphatic rings. The van der Waals surface area contributed by atoms with Crippen molar-refractivity contribution in [1.82, 2.24) is 9.97 Å². The molecule has 34 heavy (non-hydrogen) atoms. The Morgan fingerprint density at radius 2 is 1.50 bits per heavy atom. The van der Waals surface area contributed by atoms with Crippen LogP contribution in [-0.4, -0.2) is 16.6 Å². The number of allylic oxidation sites excluding steroid dienone is 1. The van der Waals surface area contributed by atoms with E-state index in [0.717, 1.165) is 48.1 Å². The van der Waals surface area contributed by atoms with E-state index in [0.29, 0.717) is 0 Å². The number of hydrogen-bond donors (Lipinski definition) is 0. The molecule has 0 atom stereocenters. The highest BCUT2D eigenvalue weighted by atomic mass is 16.5. The number of rotatable bonds is 17. The number of aromatic nitrogens is 2. The fourth-order valence-corrected chi connectivity index (χ4v) is 4.91. The predicted molar refractivity (Wildman–Crippen MR) is 145 cm³/mol. The fraction of sp³-hybridized carbons (Fsp3) is 0.613. The van der Waals surface area contributed by atoms with Crippen molar-refractivity contribution in [3.8, 4) is 17.1 Å². The van der Waals surface area contributed by atoms with E-state index in [4.69, 9.17) is 4.74 Å². The first kappa shape index (κ1) is 26.4. The third-order valence-electron chi connectivity index (χ3n) is 7.07. The van der Waals surface area contributed by atoms with Crippen molar-refractivity contribution >= 4 is 6.08 Å². The van der Waals surface area contributed by atoms with E-state index in [1.807, 2.05) is 36.7 Å². The van der Waals surface area contributed by atoms with E-state index in [9.17, 15) is 0 Å². The Hall–Kier alpha value is -2.16. The van der Waals surface area contributed by atoms with Crippen molar-refractivity contribution < 1.29 is 4.74 Å². The zero-order valence-electron chi connectivity index (χ0n) is 21.5. The van der Waals surface area contributed by atoms with Gasteiger partial charge >= 0.3 is 0 Å². The van der Waals surface area contributed by atoms with Gasteiger partial charge in [-0.1, -0.05) is 103 Å². The molecule has 3 rings (SSSR count). The lowest BCUT2D eigenvalue weighted by atomic mass is 9.99. The van der Waals surface area contributed by atoms with Crippen molar-refractivity contribution in [2.75, 3.05) is 6.61 Å². The molecule has 3 nitrogen and oxygen atoms in total. The molecule has 1 heterocycles. The summed E-state index contributed by atoms with van der Waals surface area (Å²) in [5.41, 5.74) is 2.10. The maximum Gasteiger partial charge on any atom is 0.159 e. The van der Waals surface area contributed by atoms with Gasteiger partial charge in [0, 0.05) is 23.5 Å². The molecule has 0 amide bonds. The second-order valence-corrected chi connectivity index (χ2v) is 10.0. The largest absolute Gasteiger partial charge is 0.494 e. The summed E-state index contributed by atoms with van der Waals surface area (Å²) in [6, 6.07) is 8.14. The highest BCUT2D eigenvalue weighted by molar-refractivity contribution is 5.57. The maximum absolute atomic E-state index is 5.86. The predicted octanol–water partition coefficient (Wildman–Crippen LogP) is 9.43. The van der Waals surface area contributed by atoms with E-state index < -0.39 is 0 Å². The van der Waals surface area contributed by atoms with Crippen LogP contribution in [0.3, 0.4) is 0 Å². The highest BCUT2D eigenvalue weighted by Crippen LogP contribution is 2.29. The molecule has 0 N–H and O–H groups in total. The first-order chi connectivity index (χ1) is 16.8. The number of hydrogen-bond acceptors (Lipinski definition) is 3. The SMILES string of the molecule is CCCCCCCOc1ccc(-c2ncc(C=CCCCCCCCC3CCCC3)cn2)cc1. The van der Waals surface area contributed by atoms with Crippen LogP contribution < -0.4 is 4.74 Å². The Morgan fingerprint density at radius 3 is 2.26 bits per heavy atom. The monoisotopic (exact) mass is 462 g/mol. The zero-order valence-corrected chi connectivity index (χ0v) is 21.5. The maximum atomic E-state index is 5.86. The Balaban J connectivity index is 1.27. The smallest absolute Gasteiger partial charge is 0.159 e. The second-order valence-electron chi connectivity index (χ2n) is 10.0. The molecule has 1 aliphatic carbocycles. The minimum Gasteiger partial charge on any atom is -0.494 e. The number of ether oxygens (including phenoxy) is 1. The molecule has 0 spiro atoms. The summed E-state index contributed by atoms with van der Waals surface area (Å²) in [5.74, 6) is 2.74. The summed E-state index contributed by atoms with van der Waals surface area (Å²) < 4.78 is 5.86. The average Bonchev–Trinajstić information content (AvgIpc) is 3.39. The van der Waals surface area contributed by atoms with E-state index in [-0.39, 0.29) is 0 Å². The van der Waals surface area contributed by atoms with E-state index in [1.165, 1.54) is 89.9 Å². The molecule has 0 saturated heterocycles. The molecule has 1 aromatic heterocycles. The quantitative estimate of drug-likeness (QED) is 0.220. The number of benzene rings is 1. The molecule has 1 aromatic carbocycles. The van der Waals surface area contributed by atoms with Gasteiger partial charge in [0.1, 0.15) is 5.75 Å². The van der Waals surface area contributed by atoms with Crippen molar-refractivity contribution in [3.63, 3.8) is 0 Å². The van der Waals surface area contributed by atoms with Crippen LogP contribution in [-0.2, 0) is 0 Å². The molecule has 0 radical (unpaired) electrons. The molecule has 1 saturated carbocycles. The summed E-state index contributed by atoms with van der Waals surface area (Å²) in [6.45, 7) is 3.04. The van der Waals surface area contributed by atoms with E-state index >= 15 is 0 Å². The summed E-state index contributed by atoms with van der Waals surface area (Å²) in [5, 5.41) is 0. The highest BCUT2D eigenvalue weighted by Gasteiger charge is 2.13. The third-order valence-corrected chi connectivity index (χ3v) is 7.07. The first-order valence-electron chi connectivity index (χ1n) is 14.1. The summed E-state index contributed by atoms with van der Waals surface area (Å²) >= 11 is 0. The Bertz CT molecular complexity index is 791. The normalized spacial score (nSPS) is 14.3. The Kier molecular flexibility index (Phi) is 12.8. The van der Waals surface area contributed by atoms with Crippen molar-refractivity contribution in [3.05, 3.63) is 48.3 Å². The van der Waals surface area contributed by atoms with Crippen LogP contribution in [0.25, 0.3) is 17.5 Å².